The molecule has 2 fully saturated rings. The lowest BCUT2D eigenvalue weighted by Gasteiger charge is -2.22. The van der Waals surface area contributed by atoms with Crippen LogP contribution in [0.25, 0.3) is 10.8 Å². The van der Waals surface area contributed by atoms with Gasteiger partial charge < -0.3 is 15.2 Å². The summed E-state index contributed by atoms with van der Waals surface area (Å²) >= 11 is 0. The summed E-state index contributed by atoms with van der Waals surface area (Å²) < 4.78 is 6.03. The first-order chi connectivity index (χ1) is 15.8. The Bertz CT molecular complexity index is 1200. The molecule has 0 radical (unpaired) electrons. The minimum atomic E-state index is -0.311. The first-order valence-electron chi connectivity index (χ1n) is 11.8. The number of rotatable bonds is 6. The molecule has 1 heterocycles. The topological polar surface area (TPSA) is 61.8 Å². The van der Waals surface area contributed by atoms with Gasteiger partial charge in [-0.25, -0.2) is 0 Å². The van der Waals surface area contributed by atoms with Crippen LogP contribution >= 0.6 is 0 Å². The highest BCUT2D eigenvalue weighted by atomic mass is 16.5. The Morgan fingerprint density at radius 2 is 1.94 bits per heavy atom. The van der Waals surface area contributed by atoms with Crippen LogP contribution in [0, 0.1) is 13.8 Å². The molecule has 3 aromatic rings. The average molecular weight is 445 g/mol. The number of hydrogen-bond donors (Lipinski definition) is 2. The lowest BCUT2D eigenvalue weighted by atomic mass is 9.94. The number of carbonyl (C=O) groups is 1. The quantitative estimate of drug-likeness (QED) is 0.595. The van der Waals surface area contributed by atoms with Gasteiger partial charge in [0.15, 0.2) is 0 Å². The van der Waals surface area contributed by atoms with E-state index in [4.69, 9.17) is 4.74 Å². The molecule has 1 amide bonds. The number of nitrogens with one attached hydrogen (secondary N) is 1. The number of carbonyl (C=O) groups excluding carboxylic acids is 1. The molecular weight excluding hydrogens is 412 g/mol. The monoisotopic (exact) mass is 444 g/mol. The summed E-state index contributed by atoms with van der Waals surface area (Å²) in [6.45, 7) is 5.24. The number of likely N-dealkylation sites (N-methyl/N-ethyl adjacent to an activating group) is 1. The maximum absolute atomic E-state index is 13.4. The first-order valence-corrected chi connectivity index (χ1v) is 11.8. The zero-order valence-electron chi connectivity index (χ0n) is 19.6. The van der Waals surface area contributed by atoms with Crippen molar-refractivity contribution >= 4 is 16.7 Å². The normalized spacial score (nSPS) is 21.8. The van der Waals surface area contributed by atoms with E-state index in [0.717, 1.165) is 18.4 Å². The van der Waals surface area contributed by atoms with E-state index in [-0.39, 0.29) is 23.6 Å². The summed E-state index contributed by atoms with van der Waals surface area (Å²) in [7, 11) is 2.00. The molecule has 1 saturated heterocycles. The first kappa shape index (κ1) is 21.9. The molecule has 2 atom stereocenters. The average Bonchev–Trinajstić information content (AvgIpc) is 3.49. The van der Waals surface area contributed by atoms with E-state index in [1.807, 2.05) is 32.2 Å². The maximum Gasteiger partial charge on any atom is 0.252 e. The van der Waals surface area contributed by atoms with Gasteiger partial charge in [0, 0.05) is 18.2 Å². The van der Waals surface area contributed by atoms with Crippen LogP contribution in [-0.2, 0) is 5.54 Å². The van der Waals surface area contributed by atoms with Crippen LogP contribution < -0.4 is 10.1 Å². The lowest BCUT2D eigenvalue weighted by molar-refractivity contribution is 0.0930. The maximum atomic E-state index is 13.4. The molecule has 0 aromatic heterocycles. The standard InChI is InChI=1S/C28H32N2O3/c1-18-12-20-6-4-5-7-24(20)26(13-18)28(10-11-28)29-27(32)25-15-23(9-8-19(25)2)33-17-21-14-22(31)16-30(21)3/h4-9,12-13,15,21-22,31H,10-11,14,16-17H2,1-3H3,(H,29,32). The third-order valence-corrected chi connectivity index (χ3v) is 7.19. The zero-order chi connectivity index (χ0) is 23.2. The second-order valence-electron chi connectivity index (χ2n) is 9.84. The van der Waals surface area contributed by atoms with Gasteiger partial charge in [-0.05, 0) is 74.2 Å². The Kier molecular flexibility index (Phi) is 5.63. The second kappa shape index (κ2) is 8.47. The van der Waals surface area contributed by atoms with Gasteiger partial charge in [-0.3, -0.25) is 9.69 Å². The molecule has 5 nitrogen and oxygen atoms in total. The Hall–Kier alpha value is -2.89. The summed E-state index contributed by atoms with van der Waals surface area (Å²) in [6.07, 6.45) is 2.30. The molecule has 5 heteroatoms. The van der Waals surface area contributed by atoms with E-state index < -0.39 is 0 Å². The fourth-order valence-corrected chi connectivity index (χ4v) is 5.10. The molecule has 1 aliphatic heterocycles. The molecule has 2 unspecified atom stereocenters. The van der Waals surface area contributed by atoms with Crippen molar-refractivity contribution < 1.29 is 14.6 Å². The Morgan fingerprint density at radius 1 is 1.15 bits per heavy atom. The van der Waals surface area contributed by atoms with Crippen LogP contribution in [0.15, 0.2) is 54.6 Å². The molecule has 1 aliphatic carbocycles. The molecule has 5 rings (SSSR count). The Labute approximate surface area is 195 Å². The fourth-order valence-electron chi connectivity index (χ4n) is 5.10. The SMILES string of the molecule is Cc1cc(C2(NC(=O)c3cc(OCC4CC(O)CN4C)ccc3C)CC2)c2ccccc2c1. The van der Waals surface area contributed by atoms with Gasteiger partial charge in [0.2, 0.25) is 0 Å². The minimum absolute atomic E-state index is 0.0607. The van der Waals surface area contributed by atoms with Crippen LogP contribution in [-0.4, -0.2) is 48.3 Å². The van der Waals surface area contributed by atoms with Crippen molar-refractivity contribution in [1.29, 1.82) is 0 Å². The number of ether oxygens (including phenoxy) is 1. The summed E-state index contributed by atoms with van der Waals surface area (Å²) in [5.74, 6) is 0.626. The van der Waals surface area contributed by atoms with E-state index in [9.17, 15) is 9.90 Å². The number of amides is 1. The number of β-amino-alcohol motifs (C(OH)–C–C–N with tert-alkyl or cyclic N) is 1. The molecule has 0 spiro atoms. The summed E-state index contributed by atoms with van der Waals surface area (Å²) in [4.78, 5) is 15.5. The molecule has 3 aromatic carbocycles. The third kappa shape index (κ3) is 4.35. The van der Waals surface area contributed by atoms with E-state index in [2.05, 4.69) is 53.5 Å². The Morgan fingerprint density at radius 3 is 2.67 bits per heavy atom. The summed E-state index contributed by atoms with van der Waals surface area (Å²) in [5.41, 5.74) is 3.68. The van der Waals surface area contributed by atoms with Crippen molar-refractivity contribution in [2.75, 3.05) is 20.2 Å². The van der Waals surface area contributed by atoms with Gasteiger partial charge in [0.1, 0.15) is 12.4 Å². The highest BCUT2D eigenvalue weighted by Crippen LogP contribution is 2.48. The molecule has 2 aliphatic rings. The predicted octanol–water partition coefficient (Wildman–Crippen LogP) is 4.32. The van der Waals surface area contributed by atoms with Crippen LogP contribution in [0.5, 0.6) is 5.75 Å². The number of aliphatic hydroxyl groups excluding tert-OH is 1. The summed E-state index contributed by atoms with van der Waals surface area (Å²) in [5, 5.41) is 15.6. The predicted molar refractivity (Wildman–Crippen MR) is 131 cm³/mol. The van der Waals surface area contributed by atoms with Crippen LogP contribution in [0.1, 0.15) is 46.3 Å². The van der Waals surface area contributed by atoms with Gasteiger partial charge >= 0.3 is 0 Å². The second-order valence-corrected chi connectivity index (χ2v) is 9.84. The van der Waals surface area contributed by atoms with Gasteiger partial charge in [0.25, 0.3) is 5.91 Å². The molecule has 1 saturated carbocycles. The molecule has 33 heavy (non-hydrogen) atoms. The largest absolute Gasteiger partial charge is 0.492 e. The van der Waals surface area contributed by atoms with Crippen LogP contribution in [0.3, 0.4) is 0 Å². The smallest absolute Gasteiger partial charge is 0.252 e. The zero-order valence-corrected chi connectivity index (χ0v) is 19.6. The van der Waals surface area contributed by atoms with Crippen LogP contribution in [0.2, 0.25) is 0 Å². The van der Waals surface area contributed by atoms with Gasteiger partial charge in [-0.2, -0.15) is 0 Å². The number of fused-ring (bicyclic) bond motifs is 1. The number of aryl methyl sites for hydroxylation is 2. The van der Waals surface area contributed by atoms with Crippen molar-refractivity contribution in [2.24, 2.45) is 0 Å². The molecule has 2 N–H and O–H groups in total. The van der Waals surface area contributed by atoms with Gasteiger partial charge in [-0.1, -0.05) is 48.0 Å². The number of likely N-dealkylation sites (tertiary alicyclic amines) is 1. The molecular formula is C28H32N2O3. The number of benzene rings is 3. The van der Waals surface area contributed by atoms with Crippen molar-refractivity contribution in [3.63, 3.8) is 0 Å². The third-order valence-electron chi connectivity index (χ3n) is 7.19. The van der Waals surface area contributed by atoms with E-state index in [1.54, 1.807) is 0 Å². The van der Waals surface area contributed by atoms with Gasteiger partial charge in [0.05, 0.1) is 11.6 Å². The number of nitrogens with zero attached hydrogens (tertiary/aromatic N) is 1. The molecule has 0 bridgehead atoms. The fraction of sp³-hybridized carbons (Fsp3) is 0.393. The van der Waals surface area contributed by atoms with Crippen molar-refractivity contribution in [3.05, 3.63) is 76.9 Å². The van der Waals surface area contributed by atoms with E-state index in [0.29, 0.717) is 30.9 Å². The molecule has 172 valence electrons. The van der Waals surface area contributed by atoms with Crippen LogP contribution in [0.4, 0.5) is 0 Å². The van der Waals surface area contributed by atoms with Crippen molar-refractivity contribution in [3.8, 4) is 5.75 Å². The van der Waals surface area contributed by atoms with E-state index in [1.165, 1.54) is 21.9 Å². The summed E-state index contributed by atoms with van der Waals surface area (Å²) in [6, 6.07) is 18.7. The van der Waals surface area contributed by atoms with Crippen molar-refractivity contribution in [2.45, 2.75) is 50.8 Å². The minimum Gasteiger partial charge on any atom is -0.492 e. The highest BCUT2D eigenvalue weighted by Gasteiger charge is 2.47. The highest BCUT2D eigenvalue weighted by molar-refractivity contribution is 5.97. The van der Waals surface area contributed by atoms with Crippen molar-refractivity contribution in [1.82, 2.24) is 10.2 Å². The van der Waals surface area contributed by atoms with Gasteiger partial charge in [-0.15, -0.1) is 0 Å². The Balaban J connectivity index is 1.36. The van der Waals surface area contributed by atoms with E-state index >= 15 is 0 Å². The number of hydrogen-bond acceptors (Lipinski definition) is 4. The lowest BCUT2D eigenvalue weighted by Crippen LogP contribution is -2.35. The number of aliphatic hydroxyl groups is 1.